The van der Waals surface area contributed by atoms with E-state index >= 15 is 0 Å². The van der Waals surface area contributed by atoms with E-state index < -0.39 is 0 Å². The van der Waals surface area contributed by atoms with Crippen LogP contribution < -0.4 is 19.7 Å². The molecule has 32 heavy (non-hydrogen) atoms. The normalized spacial score (nSPS) is 14.6. The number of hydrogen-bond acceptors (Lipinski definition) is 4. The third kappa shape index (κ3) is 4.30. The van der Waals surface area contributed by atoms with Crippen LogP contribution in [0, 0.1) is 0 Å². The molecule has 164 valence electrons. The van der Waals surface area contributed by atoms with Crippen molar-refractivity contribution in [1.82, 2.24) is 5.32 Å². The highest BCUT2D eigenvalue weighted by Crippen LogP contribution is 2.34. The summed E-state index contributed by atoms with van der Waals surface area (Å²) < 4.78 is 10.5. The van der Waals surface area contributed by atoms with E-state index in [1.54, 1.807) is 32.4 Å². The minimum atomic E-state index is -0.228. The Morgan fingerprint density at radius 2 is 1.62 bits per heavy atom. The molecule has 0 fully saturated rings. The number of rotatable bonds is 6. The molecule has 6 nitrogen and oxygen atoms in total. The lowest BCUT2D eigenvalue weighted by atomic mass is 10.1. The smallest absolute Gasteiger partial charge is 0.258 e. The quantitative estimate of drug-likeness (QED) is 0.636. The van der Waals surface area contributed by atoms with Crippen LogP contribution in [0.3, 0.4) is 0 Å². The van der Waals surface area contributed by atoms with Gasteiger partial charge < -0.3 is 19.7 Å². The fourth-order valence-electron chi connectivity index (χ4n) is 4.02. The Labute approximate surface area is 187 Å². The highest BCUT2D eigenvalue weighted by Gasteiger charge is 2.31. The van der Waals surface area contributed by atoms with Gasteiger partial charge in [0.1, 0.15) is 11.5 Å². The van der Waals surface area contributed by atoms with E-state index in [2.05, 4.69) is 12.2 Å². The van der Waals surface area contributed by atoms with Crippen LogP contribution in [0.1, 0.15) is 38.8 Å². The summed E-state index contributed by atoms with van der Waals surface area (Å²) in [5.74, 6) is 0.863. The lowest BCUT2D eigenvalue weighted by molar-refractivity contribution is 0.0948. The highest BCUT2D eigenvalue weighted by molar-refractivity contribution is 6.07. The molecule has 3 aromatic carbocycles. The minimum absolute atomic E-state index is 0.0125. The summed E-state index contributed by atoms with van der Waals surface area (Å²) in [4.78, 5) is 27.7. The molecule has 4 rings (SSSR count). The molecule has 3 aromatic rings. The molecule has 0 unspecified atom stereocenters. The molecule has 6 heteroatoms. The standard InChI is InChI=1S/C26H26N2O4/c1-17-11-20-10-9-18(12-24(20)28(17)26(30)19-7-5-4-6-8-19)16-27-25(29)21-13-22(31-2)15-23(14-21)32-3/h4-10,12-15,17H,11,16H2,1-3H3,(H,27,29)/t17-/m1/s1. The van der Waals surface area contributed by atoms with Crippen LogP contribution in [-0.4, -0.2) is 32.1 Å². The first-order valence-electron chi connectivity index (χ1n) is 10.5. The van der Waals surface area contributed by atoms with Gasteiger partial charge in [0.15, 0.2) is 0 Å². The van der Waals surface area contributed by atoms with Gasteiger partial charge in [-0.2, -0.15) is 0 Å². The maximum Gasteiger partial charge on any atom is 0.258 e. The van der Waals surface area contributed by atoms with E-state index in [9.17, 15) is 9.59 Å². The molecule has 0 aromatic heterocycles. The van der Waals surface area contributed by atoms with Crippen molar-refractivity contribution in [2.75, 3.05) is 19.1 Å². The SMILES string of the molecule is COc1cc(OC)cc(C(=O)NCc2ccc3c(c2)N(C(=O)c2ccccc2)[C@H](C)C3)c1. The first-order chi connectivity index (χ1) is 15.5. The molecule has 0 spiro atoms. The van der Waals surface area contributed by atoms with E-state index in [0.717, 1.165) is 23.2 Å². The predicted octanol–water partition coefficient (Wildman–Crippen LogP) is 4.23. The maximum absolute atomic E-state index is 13.1. The van der Waals surface area contributed by atoms with Crippen molar-refractivity contribution in [2.24, 2.45) is 0 Å². The average Bonchev–Trinajstić information content (AvgIpc) is 3.16. The molecule has 0 aliphatic carbocycles. The number of nitrogens with zero attached hydrogens (tertiary/aromatic N) is 1. The highest BCUT2D eigenvalue weighted by atomic mass is 16.5. The number of carbonyl (C=O) groups excluding carboxylic acids is 2. The van der Waals surface area contributed by atoms with Gasteiger partial charge in [0, 0.05) is 35.5 Å². The fourth-order valence-corrected chi connectivity index (χ4v) is 4.02. The topological polar surface area (TPSA) is 67.9 Å². The van der Waals surface area contributed by atoms with Crippen LogP contribution in [-0.2, 0) is 13.0 Å². The van der Waals surface area contributed by atoms with Crippen molar-refractivity contribution >= 4 is 17.5 Å². The van der Waals surface area contributed by atoms with Crippen LogP contribution in [0.4, 0.5) is 5.69 Å². The molecule has 0 saturated carbocycles. The summed E-state index contributed by atoms with van der Waals surface area (Å²) in [5, 5.41) is 2.94. The Morgan fingerprint density at radius 3 is 2.28 bits per heavy atom. The summed E-state index contributed by atoms with van der Waals surface area (Å²) in [7, 11) is 3.09. The van der Waals surface area contributed by atoms with E-state index in [4.69, 9.17) is 9.47 Å². The minimum Gasteiger partial charge on any atom is -0.497 e. The van der Waals surface area contributed by atoms with Crippen molar-refractivity contribution in [3.05, 3.63) is 89.0 Å². The Balaban J connectivity index is 1.52. The van der Waals surface area contributed by atoms with Crippen molar-refractivity contribution in [3.63, 3.8) is 0 Å². The van der Waals surface area contributed by atoms with E-state index in [-0.39, 0.29) is 17.9 Å². The monoisotopic (exact) mass is 430 g/mol. The number of ether oxygens (including phenoxy) is 2. The molecule has 1 N–H and O–H groups in total. The fraction of sp³-hybridized carbons (Fsp3) is 0.231. The number of amides is 2. The van der Waals surface area contributed by atoms with E-state index in [0.29, 0.717) is 29.2 Å². The van der Waals surface area contributed by atoms with Gasteiger partial charge in [-0.15, -0.1) is 0 Å². The Morgan fingerprint density at radius 1 is 0.938 bits per heavy atom. The second-order valence-electron chi connectivity index (χ2n) is 7.84. The van der Waals surface area contributed by atoms with Gasteiger partial charge in [0.2, 0.25) is 0 Å². The Hall–Kier alpha value is -3.80. The molecule has 0 bridgehead atoms. The Kier molecular flexibility index (Phi) is 6.12. The molecule has 1 aliphatic heterocycles. The molecule has 0 radical (unpaired) electrons. The van der Waals surface area contributed by atoms with Crippen LogP contribution in [0.2, 0.25) is 0 Å². The van der Waals surface area contributed by atoms with Gasteiger partial charge in [-0.25, -0.2) is 0 Å². The third-order valence-electron chi connectivity index (χ3n) is 5.67. The summed E-state index contributed by atoms with van der Waals surface area (Å²) in [5.41, 5.74) is 4.08. The molecule has 2 amide bonds. The average molecular weight is 431 g/mol. The van der Waals surface area contributed by atoms with Crippen molar-refractivity contribution in [3.8, 4) is 11.5 Å². The van der Waals surface area contributed by atoms with Crippen LogP contribution >= 0.6 is 0 Å². The largest absolute Gasteiger partial charge is 0.497 e. The molecular formula is C26H26N2O4. The van der Waals surface area contributed by atoms with E-state index in [1.165, 1.54) is 0 Å². The third-order valence-corrected chi connectivity index (χ3v) is 5.67. The molecular weight excluding hydrogens is 404 g/mol. The lowest BCUT2D eigenvalue weighted by Crippen LogP contribution is -2.35. The lowest BCUT2D eigenvalue weighted by Gasteiger charge is -2.23. The van der Waals surface area contributed by atoms with Crippen molar-refractivity contribution in [1.29, 1.82) is 0 Å². The number of fused-ring (bicyclic) bond motifs is 1. The summed E-state index contributed by atoms with van der Waals surface area (Å²) >= 11 is 0. The van der Waals surface area contributed by atoms with Crippen molar-refractivity contribution < 1.29 is 19.1 Å². The van der Waals surface area contributed by atoms with Crippen LogP contribution in [0.15, 0.2) is 66.7 Å². The maximum atomic E-state index is 13.1. The zero-order valence-electron chi connectivity index (χ0n) is 18.4. The summed E-state index contributed by atoms with van der Waals surface area (Å²) in [6, 6.07) is 20.5. The number of nitrogens with one attached hydrogen (secondary N) is 1. The van der Waals surface area contributed by atoms with Gasteiger partial charge in [-0.3, -0.25) is 9.59 Å². The van der Waals surface area contributed by atoms with Gasteiger partial charge in [-0.05, 0) is 54.8 Å². The van der Waals surface area contributed by atoms with Gasteiger partial charge in [0.25, 0.3) is 11.8 Å². The van der Waals surface area contributed by atoms with E-state index in [1.807, 2.05) is 53.4 Å². The van der Waals surface area contributed by atoms with Crippen molar-refractivity contribution in [2.45, 2.75) is 25.9 Å². The first kappa shape index (κ1) is 21.4. The summed E-state index contributed by atoms with van der Waals surface area (Å²) in [6.07, 6.45) is 0.810. The molecule has 1 heterocycles. The number of methoxy groups -OCH3 is 2. The van der Waals surface area contributed by atoms with Gasteiger partial charge in [-0.1, -0.05) is 30.3 Å². The molecule has 1 aliphatic rings. The van der Waals surface area contributed by atoms with Gasteiger partial charge in [0.05, 0.1) is 14.2 Å². The zero-order chi connectivity index (χ0) is 22.7. The van der Waals surface area contributed by atoms with Crippen LogP contribution in [0.25, 0.3) is 0 Å². The van der Waals surface area contributed by atoms with Crippen LogP contribution in [0.5, 0.6) is 11.5 Å². The Bertz CT molecular complexity index is 1120. The predicted molar refractivity (Wildman–Crippen MR) is 124 cm³/mol. The number of carbonyl (C=O) groups is 2. The first-order valence-corrected chi connectivity index (χ1v) is 10.5. The number of anilines is 1. The number of benzene rings is 3. The second kappa shape index (κ2) is 9.14. The molecule has 1 atom stereocenters. The second-order valence-corrected chi connectivity index (χ2v) is 7.84. The number of hydrogen-bond donors (Lipinski definition) is 1. The molecule has 0 saturated heterocycles. The van der Waals surface area contributed by atoms with Gasteiger partial charge >= 0.3 is 0 Å². The summed E-state index contributed by atoms with van der Waals surface area (Å²) in [6.45, 7) is 2.39. The zero-order valence-corrected chi connectivity index (χ0v) is 18.4.